The molecule has 21 heavy (non-hydrogen) atoms. The number of benzene rings is 1. The summed E-state index contributed by atoms with van der Waals surface area (Å²) in [6.45, 7) is -5.44. The first kappa shape index (κ1) is 6.01. The Balaban J connectivity index is 2.26. The number of aromatic amines is 1. The Morgan fingerprint density at radius 1 is 1.62 bits per heavy atom. The number of rotatable bonds is 5. The smallest absolute Gasteiger partial charge is 0.407 e. The van der Waals surface area contributed by atoms with E-state index >= 15 is 0 Å². The summed E-state index contributed by atoms with van der Waals surface area (Å²) < 4.78 is 94.2. The summed E-state index contributed by atoms with van der Waals surface area (Å²) in [5, 5.41) is -0.0647. The van der Waals surface area contributed by atoms with Gasteiger partial charge in [-0.1, -0.05) is 6.07 Å². The summed E-state index contributed by atoms with van der Waals surface area (Å²) in [6.07, 6.45) is -7.49. The average Bonchev–Trinajstić information content (AvgIpc) is 3.03. The molecule has 1 aromatic heterocycles. The van der Waals surface area contributed by atoms with Crippen molar-refractivity contribution in [2.24, 2.45) is 0 Å². The Morgan fingerprint density at radius 3 is 3.19 bits per heavy atom. The van der Waals surface area contributed by atoms with Crippen LogP contribution in [-0.2, 0) is 17.5 Å². The van der Waals surface area contributed by atoms with Gasteiger partial charge in [0.25, 0.3) is 0 Å². The molecule has 2 heterocycles. The number of H-pyrrole nitrogens is 1. The SMILES string of the molecule is [2H]c1c(C([2H])([2H])C([2H])([2H])N(C)C)c2cc(C([2H])([2H])[C@@H]3N([2H])C(=O)OC3([2H])[2H])ccc2n1[2H]. The van der Waals surface area contributed by atoms with E-state index in [0.29, 0.717) is 4.98 Å². The van der Waals surface area contributed by atoms with Gasteiger partial charge in [0.15, 0.2) is 2.82 Å². The first-order chi connectivity index (χ1) is 14.4. The second-order valence-electron chi connectivity index (χ2n) is 4.62. The van der Waals surface area contributed by atoms with Gasteiger partial charge in [0.1, 0.15) is 6.56 Å². The number of aromatic nitrogens is 1. The Bertz CT molecular complexity index is 1080. The maximum absolute atomic E-state index is 11.7. The predicted molar refractivity (Wildman–Crippen MR) is 82.5 cm³/mol. The summed E-state index contributed by atoms with van der Waals surface area (Å²) in [4.78, 5) is 13.2. The van der Waals surface area contributed by atoms with Crippen LogP contribution in [0.15, 0.2) is 24.4 Å². The van der Waals surface area contributed by atoms with Gasteiger partial charge in [-0.15, -0.1) is 0 Å². The fourth-order valence-corrected chi connectivity index (χ4v) is 1.85. The monoisotopic (exact) mass is 298 g/mol. The molecule has 0 saturated carbocycles. The molecule has 2 aromatic rings. The van der Waals surface area contributed by atoms with Crippen LogP contribution < -0.4 is 5.31 Å². The van der Waals surface area contributed by atoms with Crippen LogP contribution in [0.1, 0.15) is 23.5 Å². The molecule has 0 radical (unpaired) electrons. The highest BCUT2D eigenvalue weighted by Gasteiger charge is 2.22. The van der Waals surface area contributed by atoms with Crippen molar-refractivity contribution in [3.05, 3.63) is 35.5 Å². The third kappa shape index (κ3) is 3.19. The molecular weight excluding hydrogens is 266 g/mol. The number of amides is 1. The number of fused-ring (bicyclic) bond motifs is 1. The van der Waals surface area contributed by atoms with Crippen LogP contribution in [0.4, 0.5) is 4.79 Å². The maximum Gasteiger partial charge on any atom is 0.407 e. The molecular formula is C16H21N3O2. The van der Waals surface area contributed by atoms with Crippen molar-refractivity contribution in [1.82, 2.24) is 15.2 Å². The first-order valence-corrected chi connectivity index (χ1v) is 6.22. The van der Waals surface area contributed by atoms with E-state index in [9.17, 15) is 4.79 Å². The average molecular weight is 298 g/mol. The first-order valence-electron chi connectivity index (χ1n) is 11.6. The normalized spacial score (nSPS) is 30.8. The highest BCUT2D eigenvalue weighted by atomic mass is 16.6. The molecule has 1 atom stereocenters. The predicted octanol–water partition coefficient (Wildman–Crippen LogP) is 1.92. The van der Waals surface area contributed by atoms with Crippen LogP contribution in [0.25, 0.3) is 10.9 Å². The Labute approximate surface area is 139 Å². The van der Waals surface area contributed by atoms with Crippen molar-refractivity contribution >= 4 is 17.0 Å². The molecule has 3 rings (SSSR count). The molecule has 1 aromatic carbocycles. The van der Waals surface area contributed by atoms with Gasteiger partial charge in [0, 0.05) is 31.8 Å². The molecule has 5 nitrogen and oxygen atoms in total. The number of hydrogen-bond acceptors (Lipinski definition) is 3. The molecule has 1 aliphatic heterocycles. The van der Waals surface area contributed by atoms with E-state index in [1.807, 2.05) is 0 Å². The minimum atomic E-state index is -2.83. The van der Waals surface area contributed by atoms with Gasteiger partial charge in [0.05, 0.1) is 10.2 Å². The lowest BCUT2D eigenvalue weighted by Crippen LogP contribution is -2.28. The number of hydrogen-bond donors (Lipinski definition) is 2. The summed E-state index contributed by atoms with van der Waals surface area (Å²) in [6, 6.07) is 1.49. The quantitative estimate of drug-likeness (QED) is 0.887. The van der Waals surface area contributed by atoms with E-state index in [4.69, 9.17) is 15.2 Å². The molecule has 1 fully saturated rings. The van der Waals surface area contributed by atoms with Crippen LogP contribution in [0.2, 0.25) is 2.82 Å². The molecule has 1 saturated heterocycles. The molecule has 0 unspecified atom stereocenters. The Hall–Kier alpha value is -2.01. The summed E-state index contributed by atoms with van der Waals surface area (Å²) in [7, 11) is 2.63. The lowest BCUT2D eigenvalue weighted by atomic mass is 10.0. The van der Waals surface area contributed by atoms with E-state index in [-0.39, 0.29) is 21.8 Å². The molecule has 0 spiro atoms. The number of likely N-dealkylation sites (N-methyl/N-ethyl adjacent to an activating group) is 1. The fourth-order valence-electron chi connectivity index (χ4n) is 1.85. The van der Waals surface area contributed by atoms with Gasteiger partial charge >= 0.3 is 6.09 Å². The zero-order chi connectivity index (χ0) is 24.6. The largest absolute Gasteiger partial charge is 0.447 e. The minimum Gasteiger partial charge on any atom is -0.447 e. The van der Waals surface area contributed by atoms with Crippen molar-refractivity contribution in [2.45, 2.75) is 18.8 Å². The Morgan fingerprint density at radius 2 is 2.48 bits per heavy atom. The Kier molecular flexibility index (Phi) is 1.65. The third-order valence-corrected chi connectivity index (χ3v) is 2.75. The lowest BCUT2D eigenvalue weighted by Gasteiger charge is -2.09. The van der Waals surface area contributed by atoms with Gasteiger partial charge in [-0.2, -0.15) is 0 Å². The standard InChI is InChI=1S/C16H21N3O2/c1-19(2)6-5-12-9-17-15-4-3-11(8-14(12)15)7-13-10-21-16(20)18-13/h3-4,8-9,13,17H,5-7,10H2,1-2H3,(H,18,20)/t13-/m0/s1/i5D2,6D2,7D2,9D,10D2/hD2. The number of nitrogens with one attached hydrogen (secondary N) is 2. The van der Waals surface area contributed by atoms with Gasteiger partial charge in [0.2, 0.25) is 0 Å². The van der Waals surface area contributed by atoms with Crippen molar-refractivity contribution < 1.29 is 24.7 Å². The van der Waals surface area contributed by atoms with E-state index in [0.717, 1.165) is 11.0 Å². The van der Waals surface area contributed by atoms with Crippen LogP contribution in [0, 0.1) is 0 Å². The van der Waals surface area contributed by atoms with Crippen molar-refractivity contribution in [3.8, 4) is 0 Å². The van der Waals surface area contributed by atoms with E-state index in [1.165, 1.54) is 26.2 Å². The maximum atomic E-state index is 11.7. The van der Waals surface area contributed by atoms with E-state index in [2.05, 4.69) is 4.74 Å². The summed E-state index contributed by atoms with van der Waals surface area (Å²) in [5.74, 6) is 0. The van der Waals surface area contributed by atoms with Crippen molar-refractivity contribution in [1.29, 1.82) is 0 Å². The molecule has 5 heteroatoms. The number of nitrogens with zero attached hydrogens (tertiary/aromatic N) is 1. The highest BCUT2D eigenvalue weighted by molar-refractivity contribution is 5.84. The number of carbonyl (C=O) groups excluding carboxylic acids is 1. The second kappa shape index (κ2) is 5.77. The topological polar surface area (TPSA) is 57.4 Å². The van der Waals surface area contributed by atoms with Gasteiger partial charge in [-0.05, 0) is 50.1 Å². The second-order valence-corrected chi connectivity index (χ2v) is 4.62. The number of alkyl carbamates (subject to hydrolysis) is 1. The van der Waals surface area contributed by atoms with Gasteiger partial charge < -0.3 is 19.9 Å². The zero-order valence-electron chi connectivity index (χ0n) is 22.5. The number of carbonyl (C=O) groups is 1. The number of cyclic esters (lactones) is 1. The zero-order valence-corrected chi connectivity index (χ0v) is 11.5. The molecule has 2 N–H and O–H groups in total. The molecule has 0 aliphatic carbocycles. The minimum absolute atomic E-state index is 0.00692. The van der Waals surface area contributed by atoms with Crippen LogP contribution >= 0.6 is 0 Å². The molecule has 0 bridgehead atoms. The highest BCUT2D eigenvalue weighted by Crippen LogP contribution is 2.21. The van der Waals surface area contributed by atoms with Crippen LogP contribution in [0.3, 0.4) is 0 Å². The van der Waals surface area contributed by atoms with Gasteiger partial charge in [-0.25, -0.2) is 4.79 Å². The van der Waals surface area contributed by atoms with Crippen molar-refractivity contribution in [3.63, 3.8) is 0 Å². The summed E-state index contributed by atoms with van der Waals surface area (Å²) >= 11 is 0. The van der Waals surface area contributed by atoms with Gasteiger partial charge in [-0.3, -0.25) is 0 Å². The number of aryl methyl sites for hydroxylation is 1. The van der Waals surface area contributed by atoms with Crippen molar-refractivity contribution in [2.75, 3.05) is 27.2 Å². The lowest BCUT2D eigenvalue weighted by molar-refractivity contribution is 0.177. The molecule has 112 valence electrons. The third-order valence-electron chi connectivity index (χ3n) is 2.75. The van der Waals surface area contributed by atoms with Crippen LogP contribution in [-0.4, -0.2) is 49.2 Å². The fraction of sp³-hybridized carbons (Fsp3) is 0.438. The van der Waals surface area contributed by atoms with E-state index < -0.39 is 49.7 Å². The van der Waals surface area contributed by atoms with E-state index in [1.54, 1.807) is 0 Å². The number of ether oxygens (including phenoxy) is 1. The molecule has 1 amide bonds. The van der Waals surface area contributed by atoms with Crippen LogP contribution in [0.5, 0.6) is 0 Å². The molecule has 1 aliphatic rings. The summed E-state index contributed by atoms with van der Waals surface area (Å²) in [5.41, 5.74) is -0.738.